The number of benzene rings is 2. The highest BCUT2D eigenvalue weighted by atomic mass is 35.5. The van der Waals surface area contributed by atoms with E-state index in [0.717, 1.165) is 36.2 Å². The fourth-order valence-corrected chi connectivity index (χ4v) is 4.11. The molecular formula is C19H21Cl2N5. The Labute approximate surface area is 162 Å². The van der Waals surface area contributed by atoms with Gasteiger partial charge in [0.15, 0.2) is 0 Å². The molecule has 1 unspecified atom stereocenters. The van der Waals surface area contributed by atoms with Gasteiger partial charge in [-0.25, -0.2) is 4.68 Å². The zero-order chi connectivity index (χ0) is 18.3. The van der Waals surface area contributed by atoms with Crippen LogP contribution in [-0.2, 0) is 0 Å². The first-order valence-corrected chi connectivity index (χ1v) is 9.57. The van der Waals surface area contributed by atoms with E-state index in [1.807, 2.05) is 22.9 Å². The van der Waals surface area contributed by atoms with Crippen molar-refractivity contribution in [2.45, 2.75) is 25.9 Å². The molecule has 0 spiro atoms. The Bertz CT molecular complexity index is 939. The van der Waals surface area contributed by atoms with Crippen LogP contribution in [0.1, 0.15) is 25.5 Å². The van der Waals surface area contributed by atoms with Crippen LogP contribution in [0.25, 0.3) is 11.0 Å². The van der Waals surface area contributed by atoms with E-state index < -0.39 is 0 Å². The molecule has 2 aromatic carbocycles. The minimum absolute atomic E-state index is 0.0398. The molecule has 1 saturated heterocycles. The topological polar surface area (TPSA) is 46.0 Å². The van der Waals surface area contributed by atoms with E-state index in [-0.39, 0.29) is 6.04 Å². The van der Waals surface area contributed by atoms with E-state index >= 15 is 0 Å². The van der Waals surface area contributed by atoms with Gasteiger partial charge in [-0.15, -0.1) is 5.10 Å². The molecule has 0 saturated carbocycles. The standard InChI is InChI=1S/C19H21Cl2N5/c1-12-11-25(8-7-22-12)15-4-6-18-19(10-15)26(24-23-18)13(2)16-5-3-14(20)9-17(16)21/h3-6,9-10,12-13,22H,7-8,11H2,1-2H3/t12-,13?/m1/s1. The van der Waals surface area contributed by atoms with Crippen LogP contribution in [0.5, 0.6) is 0 Å². The number of fused-ring (bicyclic) bond motifs is 1. The summed E-state index contributed by atoms with van der Waals surface area (Å²) in [7, 11) is 0. The lowest BCUT2D eigenvalue weighted by Gasteiger charge is -2.33. The lowest BCUT2D eigenvalue weighted by molar-refractivity contribution is 0.485. The number of hydrogen-bond acceptors (Lipinski definition) is 4. The van der Waals surface area contributed by atoms with Gasteiger partial charge in [-0.2, -0.15) is 0 Å². The van der Waals surface area contributed by atoms with Gasteiger partial charge in [0.1, 0.15) is 5.52 Å². The SMILES string of the molecule is CC(c1ccc(Cl)cc1Cl)n1nnc2ccc(N3CCN[C@H](C)C3)cc21. The molecule has 2 heterocycles. The van der Waals surface area contributed by atoms with Gasteiger partial charge in [0, 0.05) is 41.4 Å². The third-order valence-electron chi connectivity index (χ3n) is 4.97. The van der Waals surface area contributed by atoms with Crippen molar-refractivity contribution < 1.29 is 0 Å². The summed E-state index contributed by atoms with van der Waals surface area (Å²) in [5.41, 5.74) is 4.06. The minimum atomic E-state index is -0.0398. The lowest BCUT2D eigenvalue weighted by Crippen LogP contribution is -2.49. The van der Waals surface area contributed by atoms with Gasteiger partial charge in [-0.05, 0) is 49.7 Å². The highest BCUT2D eigenvalue weighted by molar-refractivity contribution is 6.35. The smallest absolute Gasteiger partial charge is 0.113 e. The molecule has 0 aliphatic carbocycles. The van der Waals surface area contributed by atoms with Crippen LogP contribution in [0.2, 0.25) is 10.0 Å². The predicted molar refractivity (Wildman–Crippen MR) is 107 cm³/mol. The van der Waals surface area contributed by atoms with Crippen LogP contribution in [0.15, 0.2) is 36.4 Å². The van der Waals surface area contributed by atoms with Gasteiger partial charge in [-0.3, -0.25) is 0 Å². The number of nitrogens with zero attached hydrogens (tertiary/aromatic N) is 4. The Morgan fingerprint density at radius 2 is 2.04 bits per heavy atom. The highest BCUT2D eigenvalue weighted by Crippen LogP contribution is 2.31. The first kappa shape index (κ1) is 17.6. The van der Waals surface area contributed by atoms with Gasteiger partial charge in [0.05, 0.1) is 11.6 Å². The summed E-state index contributed by atoms with van der Waals surface area (Å²) in [6.07, 6.45) is 0. The molecule has 136 valence electrons. The molecule has 1 fully saturated rings. The van der Waals surface area contributed by atoms with Crippen molar-refractivity contribution in [2.24, 2.45) is 0 Å². The predicted octanol–water partition coefficient (Wildman–Crippen LogP) is 4.15. The number of hydrogen-bond donors (Lipinski definition) is 1. The Hall–Kier alpha value is -1.82. The van der Waals surface area contributed by atoms with Crippen molar-refractivity contribution in [3.05, 3.63) is 52.0 Å². The number of rotatable bonds is 3. The first-order chi connectivity index (χ1) is 12.5. The molecule has 0 radical (unpaired) electrons. The molecule has 1 aliphatic heterocycles. The van der Waals surface area contributed by atoms with Gasteiger partial charge in [0.2, 0.25) is 0 Å². The Morgan fingerprint density at radius 1 is 1.19 bits per heavy atom. The fourth-order valence-electron chi connectivity index (χ4n) is 3.55. The summed E-state index contributed by atoms with van der Waals surface area (Å²) in [4.78, 5) is 2.40. The van der Waals surface area contributed by atoms with Crippen molar-refractivity contribution in [3.63, 3.8) is 0 Å². The molecule has 4 rings (SSSR count). The van der Waals surface area contributed by atoms with Gasteiger partial charge in [-0.1, -0.05) is 34.5 Å². The normalized spacial score (nSPS) is 19.1. The minimum Gasteiger partial charge on any atom is -0.369 e. The molecule has 3 aromatic rings. The van der Waals surface area contributed by atoms with E-state index in [1.165, 1.54) is 5.69 Å². The summed E-state index contributed by atoms with van der Waals surface area (Å²) in [6, 6.07) is 12.3. The summed E-state index contributed by atoms with van der Waals surface area (Å²) < 4.78 is 1.93. The maximum Gasteiger partial charge on any atom is 0.113 e. The second-order valence-corrected chi connectivity index (χ2v) is 7.69. The number of piperazine rings is 1. The van der Waals surface area contributed by atoms with Crippen molar-refractivity contribution in [2.75, 3.05) is 24.5 Å². The molecular weight excluding hydrogens is 369 g/mol. The zero-order valence-corrected chi connectivity index (χ0v) is 16.3. The van der Waals surface area contributed by atoms with Crippen molar-refractivity contribution in [3.8, 4) is 0 Å². The molecule has 2 atom stereocenters. The average molecular weight is 390 g/mol. The molecule has 0 bridgehead atoms. The summed E-state index contributed by atoms with van der Waals surface area (Å²) in [5, 5.41) is 13.5. The molecule has 26 heavy (non-hydrogen) atoms. The van der Waals surface area contributed by atoms with Crippen molar-refractivity contribution in [1.82, 2.24) is 20.3 Å². The van der Waals surface area contributed by atoms with Crippen LogP contribution < -0.4 is 10.2 Å². The molecule has 1 aromatic heterocycles. The van der Waals surface area contributed by atoms with Crippen LogP contribution in [-0.4, -0.2) is 40.7 Å². The van der Waals surface area contributed by atoms with Crippen LogP contribution in [0.3, 0.4) is 0 Å². The number of halogens is 2. The number of nitrogens with one attached hydrogen (secondary N) is 1. The van der Waals surface area contributed by atoms with Crippen molar-refractivity contribution >= 4 is 39.9 Å². The van der Waals surface area contributed by atoms with E-state index in [1.54, 1.807) is 6.07 Å². The molecule has 1 aliphatic rings. The second-order valence-electron chi connectivity index (χ2n) is 6.85. The zero-order valence-electron chi connectivity index (χ0n) is 14.8. The molecule has 5 nitrogen and oxygen atoms in total. The first-order valence-electron chi connectivity index (χ1n) is 8.81. The third kappa shape index (κ3) is 3.27. The number of anilines is 1. The molecule has 1 N–H and O–H groups in total. The van der Waals surface area contributed by atoms with E-state index in [0.29, 0.717) is 16.1 Å². The molecule has 0 amide bonds. The Kier molecular flexibility index (Phi) is 4.78. The van der Waals surface area contributed by atoms with E-state index in [2.05, 4.69) is 46.5 Å². The second kappa shape index (κ2) is 7.06. The van der Waals surface area contributed by atoms with Crippen molar-refractivity contribution in [1.29, 1.82) is 0 Å². The van der Waals surface area contributed by atoms with Crippen LogP contribution >= 0.6 is 23.2 Å². The average Bonchev–Trinajstić information content (AvgIpc) is 3.04. The Balaban J connectivity index is 1.72. The largest absolute Gasteiger partial charge is 0.369 e. The summed E-state index contributed by atoms with van der Waals surface area (Å²) in [5.74, 6) is 0. The van der Waals surface area contributed by atoms with Gasteiger partial charge in [0.25, 0.3) is 0 Å². The monoisotopic (exact) mass is 389 g/mol. The quantitative estimate of drug-likeness (QED) is 0.730. The summed E-state index contributed by atoms with van der Waals surface area (Å²) in [6.45, 7) is 7.26. The third-order valence-corrected chi connectivity index (χ3v) is 5.53. The summed E-state index contributed by atoms with van der Waals surface area (Å²) >= 11 is 12.4. The van der Waals surface area contributed by atoms with Crippen LogP contribution in [0.4, 0.5) is 5.69 Å². The van der Waals surface area contributed by atoms with Crippen LogP contribution in [0, 0.1) is 0 Å². The molecule has 7 heteroatoms. The highest BCUT2D eigenvalue weighted by Gasteiger charge is 2.19. The number of aromatic nitrogens is 3. The van der Waals surface area contributed by atoms with E-state index in [9.17, 15) is 0 Å². The fraction of sp³-hybridized carbons (Fsp3) is 0.368. The lowest BCUT2D eigenvalue weighted by atomic mass is 10.1. The van der Waals surface area contributed by atoms with Gasteiger partial charge >= 0.3 is 0 Å². The van der Waals surface area contributed by atoms with E-state index in [4.69, 9.17) is 23.2 Å². The maximum absolute atomic E-state index is 6.40. The maximum atomic E-state index is 6.40. The Morgan fingerprint density at radius 3 is 2.81 bits per heavy atom. The van der Waals surface area contributed by atoms with Gasteiger partial charge < -0.3 is 10.2 Å².